The van der Waals surface area contributed by atoms with Crippen molar-refractivity contribution in [1.29, 1.82) is 0 Å². The van der Waals surface area contributed by atoms with E-state index in [4.69, 9.17) is 4.74 Å². The highest BCUT2D eigenvalue weighted by molar-refractivity contribution is 7.89. The van der Waals surface area contributed by atoms with Gasteiger partial charge in [0.25, 0.3) is 0 Å². The van der Waals surface area contributed by atoms with E-state index in [1.54, 1.807) is 19.0 Å². The number of hydrogen-bond acceptors (Lipinski definition) is 8. The predicted octanol–water partition coefficient (Wildman–Crippen LogP) is 1.32. The van der Waals surface area contributed by atoms with Crippen molar-refractivity contribution in [3.8, 4) is 11.8 Å². The number of nitrogens with one attached hydrogen (secondary N) is 1. The van der Waals surface area contributed by atoms with E-state index in [0.29, 0.717) is 0 Å². The lowest BCUT2D eigenvalue weighted by Gasteiger charge is -2.14. The minimum Gasteiger partial charge on any atom is -0.467 e. The number of sulfonamides is 1. The molecular formula is C14H16F3N5O4S. The van der Waals surface area contributed by atoms with E-state index in [1.807, 2.05) is 0 Å². The number of aromatic nitrogens is 3. The van der Waals surface area contributed by atoms with Gasteiger partial charge in [-0.05, 0) is 12.1 Å². The van der Waals surface area contributed by atoms with Gasteiger partial charge in [-0.3, -0.25) is 0 Å². The van der Waals surface area contributed by atoms with Gasteiger partial charge in [-0.15, -0.1) is 13.2 Å². The predicted molar refractivity (Wildman–Crippen MR) is 87.9 cm³/mol. The molecule has 0 atom stereocenters. The number of alkyl halides is 3. The summed E-state index contributed by atoms with van der Waals surface area (Å²) in [4.78, 5) is 12.8. The molecule has 13 heteroatoms. The van der Waals surface area contributed by atoms with Gasteiger partial charge in [-0.25, -0.2) is 13.1 Å². The Morgan fingerprint density at radius 3 is 2.41 bits per heavy atom. The molecule has 0 aliphatic heterocycles. The van der Waals surface area contributed by atoms with Crippen LogP contribution >= 0.6 is 0 Å². The molecule has 27 heavy (non-hydrogen) atoms. The molecule has 0 spiro atoms. The molecule has 0 aliphatic rings. The molecule has 0 saturated carbocycles. The van der Waals surface area contributed by atoms with E-state index in [9.17, 15) is 21.6 Å². The first-order chi connectivity index (χ1) is 12.5. The lowest BCUT2D eigenvalue weighted by Crippen LogP contribution is -2.27. The number of rotatable bonds is 7. The summed E-state index contributed by atoms with van der Waals surface area (Å²) < 4.78 is 73.1. The number of nitrogens with zero attached hydrogens (tertiary/aromatic N) is 4. The molecule has 0 aliphatic carbocycles. The number of benzene rings is 1. The first-order valence-corrected chi connectivity index (χ1v) is 8.81. The third kappa shape index (κ3) is 5.65. The summed E-state index contributed by atoms with van der Waals surface area (Å²) in [5, 5.41) is 0. The van der Waals surface area contributed by atoms with Gasteiger partial charge in [0.2, 0.25) is 16.0 Å². The van der Waals surface area contributed by atoms with Gasteiger partial charge in [0.1, 0.15) is 10.6 Å². The standard InChI is InChI=1S/C14H16F3N5O4S/c1-22(2)12-19-11(20-13(21-12)25-3)8-18-27(23,24)10-7-5-4-6-9(10)26-14(15,16)17/h4-7,18H,8H2,1-3H3. The zero-order chi connectivity index (χ0) is 20.2. The molecular weight excluding hydrogens is 391 g/mol. The average Bonchev–Trinajstić information content (AvgIpc) is 2.58. The average molecular weight is 407 g/mol. The lowest BCUT2D eigenvalue weighted by atomic mass is 10.3. The van der Waals surface area contributed by atoms with Crippen LogP contribution in [0.15, 0.2) is 29.2 Å². The third-order valence-corrected chi connectivity index (χ3v) is 4.46. The summed E-state index contributed by atoms with van der Waals surface area (Å²) in [7, 11) is 0.303. The van der Waals surface area contributed by atoms with Crippen LogP contribution in [0.1, 0.15) is 5.82 Å². The van der Waals surface area contributed by atoms with Crippen LogP contribution in [0.3, 0.4) is 0 Å². The van der Waals surface area contributed by atoms with E-state index < -0.39 is 33.6 Å². The lowest BCUT2D eigenvalue weighted by molar-refractivity contribution is -0.275. The molecule has 0 bridgehead atoms. The summed E-state index contributed by atoms with van der Waals surface area (Å²) in [5.41, 5.74) is 0. The Morgan fingerprint density at radius 2 is 1.81 bits per heavy atom. The topological polar surface area (TPSA) is 107 Å². The molecule has 2 rings (SSSR count). The van der Waals surface area contributed by atoms with Crippen LogP contribution < -0.4 is 19.1 Å². The molecule has 1 aromatic carbocycles. The van der Waals surface area contributed by atoms with Crippen LogP contribution in [0.25, 0.3) is 0 Å². The Balaban J connectivity index is 2.27. The number of halogens is 3. The van der Waals surface area contributed by atoms with Crippen LogP contribution in [0.5, 0.6) is 11.8 Å². The Bertz CT molecular complexity index is 906. The van der Waals surface area contributed by atoms with E-state index in [0.717, 1.165) is 12.1 Å². The summed E-state index contributed by atoms with van der Waals surface area (Å²) in [6, 6.07) is 4.35. The maximum Gasteiger partial charge on any atom is 0.573 e. The van der Waals surface area contributed by atoms with Crippen molar-refractivity contribution in [1.82, 2.24) is 19.7 Å². The van der Waals surface area contributed by atoms with Crippen LogP contribution in [0, 0.1) is 0 Å². The normalized spacial score (nSPS) is 11.9. The number of ether oxygens (including phenoxy) is 2. The molecule has 1 heterocycles. The largest absolute Gasteiger partial charge is 0.573 e. The van der Waals surface area contributed by atoms with Crippen LogP contribution in [-0.4, -0.2) is 50.9 Å². The fraction of sp³-hybridized carbons (Fsp3) is 0.357. The van der Waals surface area contributed by atoms with Gasteiger partial charge >= 0.3 is 12.4 Å². The molecule has 1 aromatic heterocycles. The smallest absolute Gasteiger partial charge is 0.467 e. The fourth-order valence-corrected chi connectivity index (χ4v) is 2.98. The van der Waals surface area contributed by atoms with Crippen LogP contribution in [0.4, 0.5) is 19.1 Å². The first-order valence-electron chi connectivity index (χ1n) is 7.32. The van der Waals surface area contributed by atoms with Crippen molar-refractivity contribution in [3.63, 3.8) is 0 Å². The van der Waals surface area contributed by atoms with E-state index >= 15 is 0 Å². The van der Waals surface area contributed by atoms with Gasteiger partial charge in [0.15, 0.2) is 5.82 Å². The first kappa shape index (κ1) is 20.6. The van der Waals surface area contributed by atoms with Crippen molar-refractivity contribution < 1.29 is 31.1 Å². The molecule has 1 N–H and O–H groups in total. The molecule has 9 nitrogen and oxygen atoms in total. The Kier molecular flexibility index (Phi) is 6.05. The SMILES string of the molecule is COc1nc(CNS(=O)(=O)c2ccccc2OC(F)(F)F)nc(N(C)C)n1. The van der Waals surface area contributed by atoms with E-state index in [2.05, 4.69) is 24.4 Å². The molecule has 2 aromatic rings. The number of methoxy groups -OCH3 is 1. The Hall–Kier alpha value is -2.67. The minimum absolute atomic E-state index is 0.0170. The second-order valence-electron chi connectivity index (χ2n) is 5.25. The second kappa shape index (κ2) is 7.92. The summed E-state index contributed by atoms with van der Waals surface area (Å²) in [6.45, 7) is -0.400. The summed E-state index contributed by atoms with van der Waals surface area (Å²) in [5.74, 6) is -0.611. The van der Waals surface area contributed by atoms with Crippen molar-refractivity contribution in [2.24, 2.45) is 0 Å². The van der Waals surface area contributed by atoms with E-state index in [1.165, 1.54) is 19.2 Å². The van der Waals surface area contributed by atoms with Gasteiger partial charge < -0.3 is 14.4 Å². The zero-order valence-electron chi connectivity index (χ0n) is 14.5. The Morgan fingerprint density at radius 1 is 1.15 bits per heavy atom. The molecule has 148 valence electrons. The van der Waals surface area contributed by atoms with Crippen molar-refractivity contribution in [2.75, 3.05) is 26.1 Å². The minimum atomic E-state index is -5.03. The number of para-hydroxylation sites is 1. The molecule has 0 amide bonds. The van der Waals surface area contributed by atoms with Gasteiger partial charge in [0.05, 0.1) is 13.7 Å². The van der Waals surface area contributed by atoms with Crippen LogP contribution in [0.2, 0.25) is 0 Å². The highest BCUT2D eigenvalue weighted by atomic mass is 32.2. The maximum atomic E-state index is 12.5. The quantitative estimate of drug-likeness (QED) is 0.733. The van der Waals surface area contributed by atoms with E-state index in [-0.39, 0.29) is 17.8 Å². The highest BCUT2D eigenvalue weighted by Gasteiger charge is 2.34. The molecule has 0 radical (unpaired) electrons. The maximum absolute atomic E-state index is 12.5. The van der Waals surface area contributed by atoms with Crippen molar-refractivity contribution >= 4 is 16.0 Å². The van der Waals surface area contributed by atoms with Gasteiger partial charge in [0, 0.05) is 14.1 Å². The summed E-state index contributed by atoms with van der Waals surface area (Å²) >= 11 is 0. The fourth-order valence-electron chi connectivity index (χ4n) is 1.88. The van der Waals surface area contributed by atoms with Gasteiger partial charge in [-0.2, -0.15) is 15.0 Å². The highest BCUT2D eigenvalue weighted by Crippen LogP contribution is 2.29. The van der Waals surface area contributed by atoms with Crippen molar-refractivity contribution in [3.05, 3.63) is 30.1 Å². The monoisotopic (exact) mass is 407 g/mol. The molecule has 0 saturated heterocycles. The Labute approximate surface area is 153 Å². The summed E-state index contributed by atoms with van der Waals surface area (Å²) in [6.07, 6.45) is -5.03. The third-order valence-electron chi connectivity index (χ3n) is 3.02. The molecule has 0 unspecified atom stereocenters. The number of hydrogen-bond donors (Lipinski definition) is 1. The van der Waals surface area contributed by atoms with Crippen molar-refractivity contribution in [2.45, 2.75) is 17.8 Å². The number of anilines is 1. The van der Waals surface area contributed by atoms with Gasteiger partial charge in [-0.1, -0.05) is 12.1 Å². The molecule has 0 fully saturated rings. The second-order valence-corrected chi connectivity index (χ2v) is 6.99. The zero-order valence-corrected chi connectivity index (χ0v) is 15.3. The van der Waals surface area contributed by atoms with Crippen LogP contribution in [-0.2, 0) is 16.6 Å².